The molecule has 0 aliphatic carbocycles. The van der Waals surface area contributed by atoms with Gasteiger partial charge in [-0.15, -0.1) is 0 Å². The van der Waals surface area contributed by atoms with Gasteiger partial charge in [-0.25, -0.2) is 0 Å². The fraction of sp³-hybridized carbons (Fsp3) is 0.556. The monoisotopic (exact) mass is 332 g/mol. The SMILES string of the molecule is C[C@H](NC(=O)COC[C@@H]1CCCO1)c1ccc2c(c1)CCC(=O)N2. The third-order valence-electron chi connectivity index (χ3n) is 4.46. The summed E-state index contributed by atoms with van der Waals surface area (Å²) in [5.74, 6) is -0.0773. The molecule has 6 heteroatoms. The van der Waals surface area contributed by atoms with Crippen molar-refractivity contribution in [2.75, 3.05) is 25.1 Å². The van der Waals surface area contributed by atoms with Gasteiger partial charge < -0.3 is 20.1 Å². The average Bonchev–Trinajstić information content (AvgIpc) is 3.07. The first kappa shape index (κ1) is 16.9. The van der Waals surface area contributed by atoms with Crippen LogP contribution in [0.15, 0.2) is 18.2 Å². The maximum Gasteiger partial charge on any atom is 0.246 e. The van der Waals surface area contributed by atoms with Crippen molar-refractivity contribution < 1.29 is 19.1 Å². The average molecular weight is 332 g/mol. The molecule has 2 amide bonds. The molecule has 0 bridgehead atoms. The highest BCUT2D eigenvalue weighted by Crippen LogP contribution is 2.26. The zero-order chi connectivity index (χ0) is 16.9. The zero-order valence-electron chi connectivity index (χ0n) is 14.0. The lowest BCUT2D eigenvalue weighted by Gasteiger charge is -2.20. The second-order valence-corrected chi connectivity index (χ2v) is 6.40. The zero-order valence-corrected chi connectivity index (χ0v) is 14.0. The van der Waals surface area contributed by atoms with E-state index in [1.54, 1.807) is 0 Å². The molecule has 2 atom stereocenters. The van der Waals surface area contributed by atoms with Crippen LogP contribution in [0, 0.1) is 0 Å². The molecule has 3 rings (SSSR count). The van der Waals surface area contributed by atoms with Crippen molar-refractivity contribution in [1.29, 1.82) is 0 Å². The van der Waals surface area contributed by atoms with E-state index in [0.29, 0.717) is 13.0 Å². The van der Waals surface area contributed by atoms with Crippen molar-refractivity contribution in [3.63, 3.8) is 0 Å². The van der Waals surface area contributed by atoms with Gasteiger partial charge in [-0.2, -0.15) is 0 Å². The van der Waals surface area contributed by atoms with E-state index >= 15 is 0 Å². The third kappa shape index (κ3) is 4.33. The number of amides is 2. The maximum atomic E-state index is 12.0. The maximum absolute atomic E-state index is 12.0. The van der Waals surface area contributed by atoms with Crippen molar-refractivity contribution in [3.8, 4) is 0 Å². The van der Waals surface area contributed by atoms with Gasteiger partial charge in [-0.05, 0) is 43.4 Å². The lowest BCUT2D eigenvalue weighted by molar-refractivity contribution is -0.127. The molecule has 0 radical (unpaired) electrons. The normalized spacial score (nSPS) is 21.0. The number of fused-ring (bicyclic) bond motifs is 1. The number of carbonyl (C=O) groups excluding carboxylic acids is 2. The number of hydrogen-bond acceptors (Lipinski definition) is 4. The van der Waals surface area contributed by atoms with Crippen LogP contribution >= 0.6 is 0 Å². The van der Waals surface area contributed by atoms with Gasteiger partial charge >= 0.3 is 0 Å². The third-order valence-corrected chi connectivity index (χ3v) is 4.46. The predicted octanol–water partition coefficient (Wildman–Crippen LogP) is 1.94. The van der Waals surface area contributed by atoms with Gasteiger partial charge in [0, 0.05) is 18.7 Å². The van der Waals surface area contributed by atoms with Crippen molar-refractivity contribution >= 4 is 17.5 Å². The second-order valence-electron chi connectivity index (χ2n) is 6.40. The molecule has 0 unspecified atom stereocenters. The van der Waals surface area contributed by atoms with E-state index in [0.717, 1.165) is 42.7 Å². The highest BCUT2D eigenvalue weighted by molar-refractivity contribution is 5.93. The first-order valence-corrected chi connectivity index (χ1v) is 8.53. The smallest absolute Gasteiger partial charge is 0.246 e. The Labute approximate surface area is 141 Å². The Morgan fingerprint density at radius 1 is 1.46 bits per heavy atom. The van der Waals surface area contributed by atoms with Gasteiger partial charge in [0.2, 0.25) is 11.8 Å². The van der Waals surface area contributed by atoms with Gasteiger partial charge in [0.25, 0.3) is 0 Å². The van der Waals surface area contributed by atoms with Gasteiger partial charge in [-0.3, -0.25) is 9.59 Å². The lowest BCUT2D eigenvalue weighted by atomic mass is 9.98. The Kier molecular flexibility index (Phi) is 5.48. The molecule has 2 aliphatic heterocycles. The van der Waals surface area contributed by atoms with Crippen LogP contribution in [0.1, 0.15) is 43.4 Å². The van der Waals surface area contributed by atoms with Gasteiger partial charge in [0.15, 0.2) is 0 Å². The largest absolute Gasteiger partial charge is 0.376 e. The molecule has 6 nitrogen and oxygen atoms in total. The molecule has 2 aliphatic rings. The summed E-state index contributed by atoms with van der Waals surface area (Å²) in [4.78, 5) is 23.4. The van der Waals surface area contributed by atoms with Gasteiger partial charge in [0.05, 0.1) is 18.8 Å². The van der Waals surface area contributed by atoms with Gasteiger partial charge in [-0.1, -0.05) is 12.1 Å². The molecule has 0 saturated carbocycles. The van der Waals surface area contributed by atoms with Crippen molar-refractivity contribution in [2.45, 2.75) is 44.8 Å². The highest BCUT2D eigenvalue weighted by atomic mass is 16.5. The van der Waals surface area contributed by atoms with E-state index < -0.39 is 0 Å². The lowest BCUT2D eigenvalue weighted by Crippen LogP contribution is -2.31. The van der Waals surface area contributed by atoms with E-state index in [9.17, 15) is 9.59 Å². The Bertz CT molecular complexity index is 611. The molecule has 1 saturated heterocycles. The first-order chi connectivity index (χ1) is 11.6. The minimum atomic E-state index is -0.133. The molecule has 1 fully saturated rings. The van der Waals surface area contributed by atoms with Crippen LogP contribution in [-0.2, 0) is 25.5 Å². The van der Waals surface area contributed by atoms with E-state index in [-0.39, 0.29) is 30.6 Å². The van der Waals surface area contributed by atoms with Crippen molar-refractivity contribution in [1.82, 2.24) is 5.32 Å². The van der Waals surface area contributed by atoms with E-state index in [1.165, 1.54) is 0 Å². The van der Waals surface area contributed by atoms with Gasteiger partial charge in [0.1, 0.15) is 6.61 Å². The molecule has 1 aromatic carbocycles. The quantitative estimate of drug-likeness (QED) is 0.835. The van der Waals surface area contributed by atoms with E-state index in [1.807, 2.05) is 25.1 Å². The molecule has 24 heavy (non-hydrogen) atoms. The summed E-state index contributed by atoms with van der Waals surface area (Å²) in [6.07, 6.45) is 3.44. The number of rotatable bonds is 6. The van der Waals surface area contributed by atoms with Crippen LogP contribution in [0.4, 0.5) is 5.69 Å². The number of anilines is 1. The molecular weight excluding hydrogens is 308 g/mol. The topological polar surface area (TPSA) is 76.7 Å². The summed E-state index contributed by atoms with van der Waals surface area (Å²) in [6.45, 7) is 3.25. The van der Waals surface area contributed by atoms with Crippen LogP contribution in [0.2, 0.25) is 0 Å². The Hall–Kier alpha value is -1.92. The summed E-state index contributed by atoms with van der Waals surface area (Å²) >= 11 is 0. The number of hydrogen-bond donors (Lipinski definition) is 2. The fourth-order valence-electron chi connectivity index (χ4n) is 3.10. The standard InChI is InChI=1S/C18H24N2O4/c1-12(19-18(22)11-23-10-15-3-2-8-24-15)13-4-6-16-14(9-13)5-7-17(21)20-16/h4,6,9,12,15H,2-3,5,7-8,10-11H2,1H3,(H,19,22)(H,20,21)/t12-,15-/m0/s1. The van der Waals surface area contributed by atoms with Crippen molar-refractivity contribution in [2.24, 2.45) is 0 Å². The van der Waals surface area contributed by atoms with E-state index in [4.69, 9.17) is 9.47 Å². The molecule has 130 valence electrons. The molecule has 2 heterocycles. The van der Waals surface area contributed by atoms with Crippen LogP contribution in [0.25, 0.3) is 0 Å². The second kappa shape index (κ2) is 7.77. The summed E-state index contributed by atoms with van der Waals surface area (Å²) in [7, 11) is 0. The number of benzene rings is 1. The predicted molar refractivity (Wildman–Crippen MR) is 89.7 cm³/mol. The summed E-state index contributed by atoms with van der Waals surface area (Å²) in [6, 6.07) is 5.78. The highest BCUT2D eigenvalue weighted by Gasteiger charge is 2.18. The Balaban J connectivity index is 1.48. The number of carbonyl (C=O) groups is 2. The minimum Gasteiger partial charge on any atom is -0.376 e. The molecule has 1 aromatic rings. The van der Waals surface area contributed by atoms with E-state index in [2.05, 4.69) is 10.6 Å². The summed E-state index contributed by atoms with van der Waals surface area (Å²) in [5, 5.41) is 5.81. The number of aryl methyl sites for hydroxylation is 1. The molecule has 0 spiro atoms. The number of nitrogens with one attached hydrogen (secondary N) is 2. The van der Waals surface area contributed by atoms with Crippen LogP contribution in [-0.4, -0.2) is 37.7 Å². The summed E-state index contributed by atoms with van der Waals surface area (Å²) in [5.41, 5.74) is 3.01. The molecular formula is C18H24N2O4. The number of ether oxygens (including phenoxy) is 2. The minimum absolute atomic E-state index is 0.0468. The van der Waals surface area contributed by atoms with Crippen LogP contribution in [0.5, 0.6) is 0 Å². The summed E-state index contributed by atoms with van der Waals surface area (Å²) < 4.78 is 10.9. The molecule has 0 aromatic heterocycles. The van der Waals surface area contributed by atoms with Crippen LogP contribution in [0.3, 0.4) is 0 Å². The fourth-order valence-corrected chi connectivity index (χ4v) is 3.10. The Morgan fingerprint density at radius 2 is 2.33 bits per heavy atom. The van der Waals surface area contributed by atoms with Crippen LogP contribution < -0.4 is 10.6 Å². The first-order valence-electron chi connectivity index (χ1n) is 8.53. The molecule has 2 N–H and O–H groups in total. The van der Waals surface area contributed by atoms with Crippen molar-refractivity contribution in [3.05, 3.63) is 29.3 Å². The Morgan fingerprint density at radius 3 is 3.12 bits per heavy atom.